The second-order valence-corrected chi connectivity index (χ2v) is 23.9. The fourth-order valence-electron chi connectivity index (χ4n) is 12.6. The fraction of sp³-hybridized carbons (Fsp3) is 0. The van der Waals surface area contributed by atoms with Gasteiger partial charge in [0.15, 0.2) is 8.07 Å². The highest BCUT2D eigenvalue weighted by molar-refractivity contribution is 7.20. The summed E-state index contributed by atoms with van der Waals surface area (Å²) >= 11 is 0. The first kappa shape index (κ1) is 44.5. The Kier molecular flexibility index (Phi) is 10.5. The number of rotatable bonds is 10. The van der Waals surface area contributed by atoms with Crippen LogP contribution in [0.15, 0.2) is 303 Å². The van der Waals surface area contributed by atoms with Crippen LogP contribution in [0.1, 0.15) is 0 Å². The van der Waals surface area contributed by atoms with Crippen molar-refractivity contribution in [2.45, 2.75) is 0 Å². The third-order valence-corrected chi connectivity index (χ3v) is 20.8. The van der Waals surface area contributed by atoms with Crippen molar-refractivity contribution in [3.8, 4) is 17.1 Å². The molecule has 4 nitrogen and oxygen atoms in total. The number of hydrogen-bond acceptors (Lipinski definition) is 1. The maximum Gasteiger partial charge on any atom is 0.179 e. The van der Waals surface area contributed by atoms with E-state index in [2.05, 4.69) is 322 Å². The van der Waals surface area contributed by atoms with Crippen LogP contribution in [0.3, 0.4) is 0 Å². The van der Waals surface area contributed by atoms with E-state index in [1.165, 1.54) is 86.2 Å². The number of benzene rings is 12. The van der Waals surface area contributed by atoms with E-state index in [9.17, 15) is 0 Å². The van der Waals surface area contributed by atoms with Gasteiger partial charge in [-0.25, -0.2) is 0 Å². The second kappa shape index (κ2) is 18.2. The third-order valence-electron chi connectivity index (χ3n) is 16.0. The molecule has 0 aliphatic carbocycles. The van der Waals surface area contributed by atoms with Crippen molar-refractivity contribution < 1.29 is 0 Å². The fourth-order valence-corrected chi connectivity index (χ4v) is 17.4. The first-order valence-electron chi connectivity index (χ1n) is 26.5. The average molecular weight is 999 g/mol. The highest BCUT2D eigenvalue weighted by Gasteiger charge is 2.41. The molecule has 3 aromatic heterocycles. The summed E-state index contributed by atoms with van der Waals surface area (Å²) in [6.45, 7) is 0. The molecule has 0 radical (unpaired) electrons. The molecule has 0 bridgehead atoms. The lowest BCUT2D eigenvalue weighted by Gasteiger charge is -2.34. The van der Waals surface area contributed by atoms with Gasteiger partial charge in [0.25, 0.3) is 0 Å². The van der Waals surface area contributed by atoms with Crippen LogP contribution >= 0.6 is 0 Å². The van der Waals surface area contributed by atoms with Crippen molar-refractivity contribution in [2.24, 2.45) is 0 Å². The molecule has 362 valence electrons. The summed E-state index contributed by atoms with van der Waals surface area (Å²) in [6, 6.07) is 112. The zero-order valence-electron chi connectivity index (χ0n) is 42.2. The van der Waals surface area contributed by atoms with Gasteiger partial charge in [0, 0.05) is 66.4 Å². The summed E-state index contributed by atoms with van der Waals surface area (Å²) in [5, 5.41) is 12.9. The highest BCUT2D eigenvalue weighted by Crippen LogP contribution is 2.40. The molecule has 3 heterocycles. The monoisotopic (exact) mass is 998 g/mol. The Bertz CT molecular complexity index is 4290. The van der Waals surface area contributed by atoms with E-state index in [1.54, 1.807) is 0 Å². The molecule has 0 aliphatic rings. The van der Waals surface area contributed by atoms with Crippen LogP contribution in [0.25, 0.3) is 82.5 Å². The molecule has 15 aromatic rings. The van der Waals surface area contributed by atoms with E-state index in [1.807, 2.05) is 0 Å². The number of para-hydroxylation sites is 5. The Morgan fingerprint density at radius 2 is 0.468 bits per heavy atom. The minimum Gasteiger partial charge on any atom is -0.310 e. The quantitative estimate of drug-likeness (QED) is 0.0986. The predicted octanol–water partition coefficient (Wildman–Crippen LogP) is 15.8. The molecule has 0 N–H and O–H groups in total. The molecule has 0 atom stereocenters. The van der Waals surface area contributed by atoms with Crippen LogP contribution in [0, 0.1) is 0 Å². The van der Waals surface area contributed by atoms with Gasteiger partial charge in [0.1, 0.15) is 0 Å². The topological polar surface area (TPSA) is 18.0 Å². The van der Waals surface area contributed by atoms with Crippen molar-refractivity contribution >= 4 is 111 Å². The minimum absolute atomic E-state index is 1.07. The molecular weight excluding hydrogens is 949 g/mol. The number of aromatic nitrogens is 3. The van der Waals surface area contributed by atoms with Gasteiger partial charge in [-0.3, -0.25) is 0 Å². The summed E-state index contributed by atoms with van der Waals surface area (Å²) in [5.74, 6) is 0. The number of hydrogen-bond donors (Lipinski definition) is 0. The Labute approximate surface area is 447 Å². The van der Waals surface area contributed by atoms with Gasteiger partial charge in [-0.05, 0) is 130 Å². The summed E-state index contributed by atoms with van der Waals surface area (Å²) in [5.41, 5.74) is 13.7. The summed E-state index contributed by atoms with van der Waals surface area (Å²) < 4.78 is 7.21. The molecular formula is C72H50N4Si. The highest BCUT2D eigenvalue weighted by atomic mass is 28.3. The predicted molar refractivity (Wildman–Crippen MR) is 328 cm³/mol. The van der Waals surface area contributed by atoms with Gasteiger partial charge in [-0.2, -0.15) is 0 Å². The maximum absolute atomic E-state index is 2.76. The van der Waals surface area contributed by atoms with Crippen LogP contribution in [-0.4, -0.2) is 21.8 Å². The van der Waals surface area contributed by atoms with Crippen molar-refractivity contribution in [2.75, 3.05) is 4.90 Å². The third kappa shape index (κ3) is 7.05. The van der Waals surface area contributed by atoms with Gasteiger partial charge in [-0.1, -0.05) is 194 Å². The summed E-state index contributed by atoms with van der Waals surface area (Å²) in [6.07, 6.45) is 0. The summed E-state index contributed by atoms with van der Waals surface area (Å²) in [7, 11) is -2.76. The Morgan fingerprint density at radius 1 is 0.208 bits per heavy atom. The first-order valence-corrected chi connectivity index (χ1v) is 28.5. The van der Waals surface area contributed by atoms with E-state index < -0.39 is 8.07 Å². The molecule has 0 spiro atoms. The Hall–Kier alpha value is -9.94. The molecule has 12 aromatic carbocycles. The van der Waals surface area contributed by atoms with E-state index in [4.69, 9.17) is 0 Å². The van der Waals surface area contributed by atoms with Crippen molar-refractivity contribution in [1.82, 2.24) is 13.7 Å². The second-order valence-electron chi connectivity index (χ2n) is 20.1. The number of nitrogens with zero attached hydrogens (tertiary/aromatic N) is 4. The molecule has 77 heavy (non-hydrogen) atoms. The Balaban J connectivity index is 0.869. The summed E-state index contributed by atoms with van der Waals surface area (Å²) in [4.78, 5) is 2.38. The van der Waals surface area contributed by atoms with Crippen molar-refractivity contribution in [3.63, 3.8) is 0 Å². The van der Waals surface area contributed by atoms with Crippen molar-refractivity contribution in [3.05, 3.63) is 303 Å². The SMILES string of the molecule is c1ccc([Si](c2ccccc2)(c2ccccc2)c2ccc3c(c2)c2ccccc2n3-c2ccc(N(c3ccc(-n4c5ccccc5c5ccccc54)cc3)c3ccc(-n4c5ccccc5c5ccccc54)cc3)cc2)cc1. The lowest BCUT2D eigenvalue weighted by Crippen LogP contribution is -2.74. The largest absolute Gasteiger partial charge is 0.310 e. The van der Waals surface area contributed by atoms with E-state index in [-0.39, 0.29) is 0 Å². The molecule has 15 rings (SSSR count). The molecule has 0 saturated heterocycles. The smallest absolute Gasteiger partial charge is 0.179 e. The molecule has 0 fully saturated rings. The molecule has 0 unspecified atom stereocenters. The van der Waals surface area contributed by atoms with Gasteiger partial charge in [0.2, 0.25) is 0 Å². The Morgan fingerprint density at radius 3 is 0.779 bits per heavy atom. The van der Waals surface area contributed by atoms with Crippen LogP contribution < -0.4 is 25.6 Å². The number of fused-ring (bicyclic) bond motifs is 9. The molecule has 0 saturated carbocycles. The lowest BCUT2D eigenvalue weighted by atomic mass is 10.1. The van der Waals surface area contributed by atoms with Crippen LogP contribution in [-0.2, 0) is 0 Å². The minimum atomic E-state index is -2.76. The zero-order chi connectivity index (χ0) is 50.9. The lowest BCUT2D eigenvalue weighted by molar-refractivity contribution is 1.16. The molecule has 0 amide bonds. The van der Waals surface area contributed by atoms with E-state index >= 15 is 0 Å². The van der Waals surface area contributed by atoms with E-state index in [0.29, 0.717) is 0 Å². The van der Waals surface area contributed by atoms with Gasteiger partial charge < -0.3 is 18.6 Å². The van der Waals surface area contributed by atoms with Crippen LogP contribution in [0.4, 0.5) is 17.1 Å². The standard InChI is InChI=1S/C72H50N4Si/c1-4-20-57(21-5-1)77(58-22-6-2-7-23-58,59-24-8-3-9-25-59)60-48-49-72-66(50-60)65-30-14-19-35-71(65)76(72)56-46-40-53(41-47-56)73(51-36-42-54(43-37-51)74-67-31-15-10-26-61(67)62-27-11-16-32-68(62)74)52-38-44-55(45-39-52)75-69-33-17-12-28-63(69)64-29-13-18-34-70(64)75/h1-50H. The maximum atomic E-state index is 2.51. The number of anilines is 3. The zero-order valence-corrected chi connectivity index (χ0v) is 43.2. The van der Waals surface area contributed by atoms with E-state index in [0.717, 1.165) is 34.1 Å². The van der Waals surface area contributed by atoms with Crippen LogP contribution in [0.2, 0.25) is 0 Å². The van der Waals surface area contributed by atoms with Crippen LogP contribution in [0.5, 0.6) is 0 Å². The van der Waals surface area contributed by atoms with Gasteiger partial charge in [0.05, 0.1) is 33.1 Å². The normalized spacial score (nSPS) is 11.9. The van der Waals surface area contributed by atoms with Gasteiger partial charge in [-0.15, -0.1) is 0 Å². The van der Waals surface area contributed by atoms with Crippen molar-refractivity contribution in [1.29, 1.82) is 0 Å². The molecule has 0 aliphatic heterocycles. The molecule has 5 heteroatoms. The van der Waals surface area contributed by atoms with Gasteiger partial charge >= 0.3 is 0 Å². The first-order chi connectivity index (χ1) is 38.2. The average Bonchev–Trinajstić information content (AvgIpc) is 4.32.